The topological polar surface area (TPSA) is 48.7 Å². The van der Waals surface area contributed by atoms with Crippen LogP contribution in [0.1, 0.15) is 11.1 Å². The van der Waals surface area contributed by atoms with E-state index in [9.17, 15) is 4.79 Å². The molecule has 0 radical (unpaired) electrons. The van der Waals surface area contributed by atoms with Gasteiger partial charge in [-0.3, -0.25) is 0 Å². The summed E-state index contributed by atoms with van der Waals surface area (Å²) in [6, 6.07) is 23.5. The van der Waals surface area contributed by atoms with E-state index in [2.05, 4.69) is 0 Å². The van der Waals surface area contributed by atoms with Crippen molar-refractivity contribution in [3.05, 3.63) is 94.3 Å². The number of hydrogen-bond donors (Lipinski definition) is 0. The van der Waals surface area contributed by atoms with E-state index in [-0.39, 0.29) is 5.63 Å². The number of aryl methyl sites for hydroxylation is 1. The van der Waals surface area contributed by atoms with Gasteiger partial charge in [-0.1, -0.05) is 60.2 Å². The molecule has 0 saturated heterocycles. The van der Waals surface area contributed by atoms with Gasteiger partial charge in [-0.25, -0.2) is 4.79 Å². The monoisotopic (exact) mass is 396 g/mol. The lowest BCUT2D eigenvalue weighted by Gasteiger charge is -2.15. The molecule has 1 aromatic heterocycles. The van der Waals surface area contributed by atoms with Crippen LogP contribution >= 0.6 is 0 Å². The fourth-order valence-corrected chi connectivity index (χ4v) is 3.92. The fraction of sp³-hybridized carbons (Fsp3) is 0.115. The van der Waals surface area contributed by atoms with Gasteiger partial charge in [-0.15, -0.1) is 0 Å². The van der Waals surface area contributed by atoms with Crippen LogP contribution < -0.4 is 15.1 Å². The van der Waals surface area contributed by atoms with E-state index in [0.29, 0.717) is 29.1 Å². The molecule has 0 N–H and O–H groups in total. The van der Waals surface area contributed by atoms with Crippen LogP contribution in [0.5, 0.6) is 11.5 Å². The Labute approximate surface area is 173 Å². The van der Waals surface area contributed by atoms with E-state index in [1.807, 2.05) is 79.7 Å². The van der Waals surface area contributed by atoms with Gasteiger partial charge in [0, 0.05) is 16.2 Å². The molecule has 5 aromatic rings. The summed E-state index contributed by atoms with van der Waals surface area (Å²) < 4.78 is 17.7. The smallest absolute Gasteiger partial charge is 0.344 e. The third kappa shape index (κ3) is 2.98. The Morgan fingerprint density at radius 3 is 2.43 bits per heavy atom. The number of rotatable bonds is 4. The Morgan fingerprint density at radius 2 is 1.63 bits per heavy atom. The van der Waals surface area contributed by atoms with Crippen LogP contribution in [0.3, 0.4) is 0 Å². The van der Waals surface area contributed by atoms with Crippen LogP contribution in [0.25, 0.3) is 32.5 Å². The Kier molecular flexibility index (Phi) is 4.40. The molecule has 0 unspecified atom stereocenters. The molecule has 0 bridgehead atoms. The maximum Gasteiger partial charge on any atom is 0.344 e. The highest BCUT2D eigenvalue weighted by Crippen LogP contribution is 2.40. The lowest BCUT2D eigenvalue weighted by atomic mass is 10.0. The van der Waals surface area contributed by atoms with Gasteiger partial charge in [0.15, 0.2) is 0 Å². The first-order chi connectivity index (χ1) is 14.7. The Balaban J connectivity index is 1.77. The first-order valence-corrected chi connectivity index (χ1v) is 9.79. The summed E-state index contributed by atoms with van der Waals surface area (Å²) in [4.78, 5) is 12.7. The van der Waals surface area contributed by atoms with Crippen LogP contribution in [-0.2, 0) is 6.61 Å². The first kappa shape index (κ1) is 18.3. The molecule has 5 rings (SSSR count). The van der Waals surface area contributed by atoms with Crippen molar-refractivity contribution in [1.29, 1.82) is 0 Å². The molecule has 0 amide bonds. The van der Waals surface area contributed by atoms with Gasteiger partial charge in [-0.2, -0.15) is 0 Å². The lowest BCUT2D eigenvalue weighted by Crippen LogP contribution is -2.02. The molecule has 0 atom stereocenters. The van der Waals surface area contributed by atoms with E-state index in [0.717, 1.165) is 32.7 Å². The number of methoxy groups -OCH3 is 1. The van der Waals surface area contributed by atoms with Gasteiger partial charge in [0.05, 0.1) is 17.9 Å². The average Bonchev–Trinajstić information content (AvgIpc) is 2.78. The Morgan fingerprint density at radius 1 is 0.800 bits per heavy atom. The molecule has 4 heteroatoms. The van der Waals surface area contributed by atoms with E-state index >= 15 is 0 Å². The SMILES string of the molecule is COc1cc2c3ccc(C)cc3c(=O)oc2c2cccc(OCc3ccccc3)c12. The van der Waals surface area contributed by atoms with E-state index < -0.39 is 0 Å². The maximum atomic E-state index is 12.7. The van der Waals surface area contributed by atoms with Crippen molar-refractivity contribution >= 4 is 32.5 Å². The summed E-state index contributed by atoms with van der Waals surface area (Å²) in [5.74, 6) is 1.36. The predicted octanol–water partition coefficient (Wildman–Crippen LogP) is 6.00. The highest BCUT2D eigenvalue weighted by molar-refractivity contribution is 6.17. The van der Waals surface area contributed by atoms with Gasteiger partial charge in [0.25, 0.3) is 0 Å². The molecule has 0 aliphatic heterocycles. The maximum absolute atomic E-state index is 12.7. The van der Waals surface area contributed by atoms with Crippen molar-refractivity contribution in [1.82, 2.24) is 0 Å². The second-order valence-corrected chi connectivity index (χ2v) is 7.35. The quantitative estimate of drug-likeness (QED) is 0.276. The highest BCUT2D eigenvalue weighted by Gasteiger charge is 2.17. The summed E-state index contributed by atoms with van der Waals surface area (Å²) in [5, 5.41) is 3.84. The number of fused-ring (bicyclic) bond motifs is 5. The van der Waals surface area contributed by atoms with Gasteiger partial charge in [-0.05, 0) is 30.7 Å². The minimum Gasteiger partial charge on any atom is -0.496 e. The predicted molar refractivity (Wildman–Crippen MR) is 120 cm³/mol. The molecule has 0 fully saturated rings. The summed E-state index contributed by atoms with van der Waals surface area (Å²) in [5.41, 5.74) is 2.28. The summed E-state index contributed by atoms with van der Waals surface area (Å²) >= 11 is 0. The zero-order valence-corrected chi connectivity index (χ0v) is 16.8. The molecule has 1 heterocycles. The molecule has 4 aromatic carbocycles. The average molecular weight is 396 g/mol. The third-order valence-corrected chi connectivity index (χ3v) is 5.37. The van der Waals surface area contributed by atoms with Crippen LogP contribution in [0.4, 0.5) is 0 Å². The standard InChI is InChI=1S/C26H20O4/c1-16-11-12-18-20-14-23(28-2)24-19(25(20)30-26(27)21(18)13-16)9-6-10-22(24)29-15-17-7-4-3-5-8-17/h3-14H,15H2,1-2H3. The molecule has 148 valence electrons. The van der Waals surface area contributed by atoms with Crippen molar-refractivity contribution < 1.29 is 13.9 Å². The zero-order valence-electron chi connectivity index (χ0n) is 16.8. The van der Waals surface area contributed by atoms with Crippen molar-refractivity contribution in [3.63, 3.8) is 0 Å². The fourth-order valence-electron chi connectivity index (χ4n) is 3.92. The molecule has 30 heavy (non-hydrogen) atoms. The summed E-state index contributed by atoms with van der Waals surface area (Å²) in [6.45, 7) is 2.39. The molecule has 0 saturated carbocycles. The Bertz CT molecular complexity index is 1450. The lowest BCUT2D eigenvalue weighted by molar-refractivity contribution is 0.308. The largest absolute Gasteiger partial charge is 0.496 e. The number of ether oxygens (including phenoxy) is 2. The normalized spacial score (nSPS) is 11.3. The molecule has 0 aliphatic rings. The van der Waals surface area contributed by atoms with E-state index in [1.165, 1.54) is 0 Å². The van der Waals surface area contributed by atoms with Crippen LogP contribution in [0.15, 0.2) is 82.0 Å². The molecular weight excluding hydrogens is 376 g/mol. The third-order valence-electron chi connectivity index (χ3n) is 5.37. The second-order valence-electron chi connectivity index (χ2n) is 7.35. The minimum absolute atomic E-state index is 0.344. The van der Waals surface area contributed by atoms with Gasteiger partial charge < -0.3 is 13.9 Å². The van der Waals surface area contributed by atoms with Crippen molar-refractivity contribution in [2.75, 3.05) is 7.11 Å². The highest BCUT2D eigenvalue weighted by atomic mass is 16.5. The second kappa shape index (κ2) is 7.23. The van der Waals surface area contributed by atoms with Gasteiger partial charge in [0.1, 0.15) is 23.7 Å². The molecular formula is C26H20O4. The van der Waals surface area contributed by atoms with Crippen molar-refractivity contribution in [3.8, 4) is 11.5 Å². The molecule has 0 spiro atoms. The van der Waals surface area contributed by atoms with Gasteiger partial charge in [0.2, 0.25) is 0 Å². The first-order valence-electron chi connectivity index (χ1n) is 9.79. The van der Waals surface area contributed by atoms with Crippen LogP contribution in [0.2, 0.25) is 0 Å². The van der Waals surface area contributed by atoms with Crippen molar-refractivity contribution in [2.45, 2.75) is 13.5 Å². The summed E-state index contributed by atoms with van der Waals surface area (Å²) in [7, 11) is 1.64. The van der Waals surface area contributed by atoms with E-state index in [1.54, 1.807) is 7.11 Å². The Hall–Kier alpha value is -3.79. The molecule has 0 aliphatic carbocycles. The van der Waals surface area contributed by atoms with Gasteiger partial charge >= 0.3 is 5.63 Å². The summed E-state index contributed by atoms with van der Waals surface area (Å²) in [6.07, 6.45) is 0. The minimum atomic E-state index is -0.344. The van der Waals surface area contributed by atoms with Crippen molar-refractivity contribution in [2.24, 2.45) is 0 Å². The zero-order chi connectivity index (χ0) is 20.7. The van der Waals surface area contributed by atoms with E-state index in [4.69, 9.17) is 13.9 Å². The van der Waals surface area contributed by atoms with Crippen LogP contribution in [0, 0.1) is 6.92 Å². The number of benzene rings is 4. The number of hydrogen-bond acceptors (Lipinski definition) is 4. The van der Waals surface area contributed by atoms with Crippen LogP contribution in [-0.4, -0.2) is 7.11 Å². The molecule has 4 nitrogen and oxygen atoms in total.